The lowest BCUT2D eigenvalue weighted by Gasteiger charge is -2.41. The highest BCUT2D eigenvalue weighted by Gasteiger charge is 2.45. The third-order valence-electron chi connectivity index (χ3n) is 9.67. The van der Waals surface area contributed by atoms with E-state index in [0.717, 1.165) is 62.4 Å². The zero-order valence-corrected chi connectivity index (χ0v) is 27.5. The van der Waals surface area contributed by atoms with Crippen molar-refractivity contribution in [3.8, 4) is 0 Å². The van der Waals surface area contributed by atoms with Gasteiger partial charge in [-0.2, -0.15) is 0 Å². The SMILES string of the molecule is CC(=O)OCc1ccccc1N1C(=O)c2cc3c(n2C(F)C1c1cc(Nc2ccc(N4CCN(C)CC4)cn2)c(=O)n(C)c1)CCCC3. The number of carbonyl (C=O) groups excluding carboxylic acids is 2. The molecule has 11 nitrogen and oxygen atoms in total. The van der Waals surface area contributed by atoms with Crippen molar-refractivity contribution >= 4 is 34.8 Å². The van der Waals surface area contributed by atoms with Gasteiger partial charge < -0.3 is 29.0 Å². The average Bonchev–Trinajstić information content (AvgIpc) is 3.49. The number of esters is 1. The van der Waals surface area contributed by atoms with Crippen LogP contribution in [0.4, 0.5) is 27.3 Å². The zero-order chi connectivity index (χ0) is 33.5. The van der Waals surface area contributed by atoms with Gasteiger partial charge in [-0.05, 0) is 74.2 Å². The van der Waals surface area contributed by atoms with Crippen molar-refractivity contribution < 1.29 is 18.7 Å². The molecule has 1 N–H and O–H groups in total. The summed E-state index contributed by atoms with van der Waals surface area (Å²) in [6.45, 7) is 5.00. The van der Waals surface area contributed by atoms with E-state index in [4.69, 9.17) is 4.74 Å². The van der Waals surface area contributed by atoms with Gasteiger partial charge in [-0.25, -0.2) is 9.37 Å². The van der Waals surface area contributed by atoms with E-state index >= 15 is 4.39 Å². The molecule has 3 aliphatic rings. The van der Waals surface area contributed by atoms with Crippen LogP contribution in [-0.2, 0) is 36.0 Å². The summed E-state index contributed by atoms with van der Waals surface area (Å²) >= 11 is 0. The fourth-order valence-corrected chi connectivity index (χ4v) is 7.14. The van der Waals surface area contributed by atoms with Gasteiger partial charge in [0, 0.05) is 57.6 Å². The molecule has 48 heavy (non-hydrogen) atoms. The highest BCUT2D eigenvalue weighted by atomic mass is 19.1. The average molecular weight is 654 g/mol. The van der Waals surface area contributed by atoms with Crippen molar-refractivity contribution in [3.05, 3.63) is 99.4 Å². The number of likely N-dealkylation sites (N-methyl/N-ethyl adjacent to an activating group) is 1. The molecule has 4 aromatic rings. The van der Waals surface area contributed by atoms with Crippen molar-refractivity contribution in [1.82, 2.24) is 19.0 Å². The third kappa shape index (κ3) is 5.85. The Balaban J connectivity index is 1.29. The second-order valence-corrected chi connectivity index (χ2v) is 12.9. The number of halogens is 1. The highest BCUT2D eigenvalue weighted by Crippen LogP contribution is 2.46. The minimum Gasteiger partial charge on any atom is -0.461 e. The quantitative estimate of drug-likeness (QED) is 0.282. The van der Waals surface area contributed by atoms with Crippen LogP contribution in [0, 0.1) is 0 Å². The van der Waals surface area contributed by atoms with Gasteiger partial charge in [0.15, 0.2) is 0 Å². The van der Waals surface area contributed by atoms with Crippen LogP contribution in [0.3, 0.4) is 0 Å². The molecule has 2 unspecified atom stereocenters. The van der Waals surface area contributed by atoms with E-state index in [9.17, 15) is 14.4 Å². The number of nitrogens with one attached hydrogen (secondary N) is 1. The van der Waals surface area contributed by atoms with Crippen molar-refractivity contribution in [2.75, 3.05) is 48.3 Å². The number of ether oxygens (including phenoxy) is 1. The van der Waals surface area contributed by atoms with E-state index in [0.29, 0.717) is 34.7 Å². The molecule has 1 fully saturated rings. The molecule has 0 spiro atoms. The van der Waals surface area contributed by atoms with Crippen LogP contribution in [-0.4, -0.2) is 64.1 Å². The van der Waals surface area contributed by atoms with E-state index in [-0.39, 0.29) is 23.8 Å². The highest BCUT2D eigenvalue weighted by molar-refractivity contribution is 6.07. The van der Waals surface area contributed by atoms with E-state index in [1.54, 1.807) is 54.3 Å². The van der Waals surface area contributed by atoms with Crippen LogP contribution in [0.1, 0.15) is 65.0 Å². The van der Waals surface area contributed by atoms with Crippen molar-refractivity contribution in [2.24, 2.45) is 7.05 Å². The largest absolute Gasteiger partial charge is 0.461 e. The first-order valence-corrected chi connectivity index (χ1v) is 16.5. The van der Waals surface area contributed by atoms with Gasteiger partial charge in [-0.1, -0.05) is 18.2 Å². The summed E-state index contributed by atoms with van der Waals surface area (Å²) < 4.78 is 25.6. The predicted octanol–water partition coefficient (Wildman–Crippen LogP) is 4.89. The molecule has 1 amide bonds. The van der Waals surface area contributed by atoms with Crippen LogP contribution >= 0.6 is 0 Å². The number of piperazine rings is 1. The van der Waals surface area contributed by atoms with Crippen LogP contribution in [0.2, 0.25) is 0 Å². The summed E-state index contributed by atoms with van der Waals surface area (Å²) in [7, 11) is 3.72. The number of fused-ring (bicyclic) bond motifs is 3. The number of aromatic nitrogens is 3. The van der Waals surface area contributed by atoms with Gasteiger partial charge in [-0.3, -0.25) is 19.3 Å². The Morgan fingerprint density at radius 1 is 1.02 bits per heavy atom. The Labute approximate surface area is 278 Å². The van der Waals surface area contributed by atoms with Gasteiger partial charge in [0.2, 0.25) is 6.30 Å². The van der Waals surface area contributed by atoms with Gasteiger partial charge in [-0.15, -0.1) is 0 Å². The molecular weight excluding hydrogens is 613 g/mol. The van der Waals surface area contributed by atoms with Crippen LogP contribution in [0.5, 0.6) is 0 Å². The monoisotopic (exact) mass is 653 g/mol. The summed E-state index contributed by atoms with van der Waals surface area (Å²) in [6, 6.07) is 13.2. The van der Waals surface area contributed by atoms with Crippen LogP contribution in [0.25, 0.3) is 0 Å². The lowest BCUT2D eigenvalue weighted by atomic mass is 9.97. The Hall–Kier alpha value is -4.97. The van der Waals surface area contributed by atoms with Gasteiger partial charge in [0.1, 0.15) is 29.8 Å². The van der Waals surface area contributed by atoms with E-state index < -0.39 is 18.3 Å². The van der Waals surface area contributed by atoms with Crippen LogP contribution < -0.4 is 20.7 Å². The van der Waals surface area contributed by atoms with Gasteiger partial charge >= 0.3 is 5.97 Å². The van der Waals surface area contributed by atoms with Gasteiger partial charge in [0.05, 0.1) is 17.6 Å². The van der Waals surface area contributed by atoms with Crippen molar-refractivity contribution in [2.45, 2.75) is 51.6 Å². The minimum absolute atomic E-state index is 0.0770. The molecule has 1 aromatic carbocycles. The number of para-hydroxylation sites is 1. The Kier molecular flexibility index (Phi) is 8.50. The summed E-state index contributed by atoms with van der Waals surface area (Å²) in [4.78, 5) is 50.3. The molecule has 0 radical (unpaired) electrons. The maximum absolute atomic E-state index is 17.3. The van der Waals surface area contributed by atoms with Crippen molar-refractivity contribution in [1.29, 1.82) is 0 Å². The normalized spacial score (nSPS) is 19.5. The zero-order valence-electron chi connectivity index (χ0n) is 27.5. The molecule has 1 aliphatic carbocycles. The second-order valence-electron chi connectivity index (χ2n) is 12.9. The predicted molar refractivity (Wildman–Crippen MR) is 182 cm³/mol. The Morgan fingerprint density at radius 3 is 2.54 bits per heavy atom. The number of pyridine rings is 2. The fourth-order valence-electron chi connectivity index (χ4n) is 7.14. The number of rotatable bonds is 7. The standard InChI is InChI=1S/C36H40FN7O4/c1-23(45)48-22-25-9-5-7-11-30(25)44-33(34(37)43-29-10-6-4-8-24(29)19-31(43)36(44)47)26-18-28(35(46)41(3)21-26)39-32-13-12-27(20-38-32)42-16-14-40(2)15-17-42/h5,7,9,11-13,18-21,33-34H,4,6,8,10,14-17,22H2,1-3H3,(H,38,39). The fraction of sp³-hybridized carbons (Fsp3) is 0.389. The summed E-state index contributed by atoms with van der Waals surface area (Å²) in [6.07, 6.45) is 5.12. The van der Waals surface area contributed by atoms with Crippen molar-refractivity contribution in [3.63, 3.8) is 0 Å². The molecule has 7 rings (SSSR count). The third-order valence-corrected chi connectivity index (χ3v) is 9.67. The molecular formula is C36H40FN7O4. The smallest absolute Gasteiger partial charge is 0.302 e. The Bertz CT molecular complexity index is 1910. The first-order valence-electron chi connectivity index (χ1n) is 16.5. The molecule has 250 valence electrons. The summed E-state index contributed by atoms with van der Waals surface area (Å²) in [5, 5.41) is 3.16. The molecule has 2 atom stereocenters. The lowest BCUT2D eigenvalue weighted by Crippen LogP contribution is -2.45. The number of alkyl halides is 1. The number of hydrogen-bond acceptors (Lipinski definition) is 8. The maximum Gasteiger partial charge on any atom is 0.302 e. The number of hydrogen-bond donors (Lipinski definition) is 1. The van der Waals surface area contributed by atoms with Gasteiger partial charge in [0.25, 0.3) is 11.5 Å². The Morgan fingerprint density at radius 2 is 1.79 bits per heavy atom. The molecule has 2 aliphatic heterocycles. The van der Waals surface area contributed by atoms with E-state index in [1.165, 1.54) is 16.4 Å². The summed E-state index contributed by atoms with van der Waals surface area (Å²) in [5.74, 6) is -0.345. The molecule has 1 saturated heterocycles. The number of amides is 1. The molecule has 3 aromatic heterocycles. The molecule has 0 saturated carbocycles. The number of anilines is 4. The number of carbonyl (C=O) groups is 2. The maximum atomic E-state index is 17.3. The number of nitrogens with zero attached hydrogens (tertiary/aromatic N) is 6. The first-order chi connectivity index (χ1) is 23.2. The molecule has 5 heterocycles. The first kappa shape index (κ1) is 31.6. The molecule has 0 bridgehead atoms. The lowest BCUT2D eigenvalue weighted by molar-refractivity contribution is -0.142. The minimum atomic E-state index is -1.65. The molecule has 12 heteroatoms. The van der Waals surface area contributed by atoms with E-state index in [1.807, 2.05) is 18.2 Å². The summed E-state index contributed by atoms with van der Waals surface area (Å²) in [5.41, 5.74) is 4.47. The van der Waals surface area contributed by atoms with Crippen LogP contribution in [0.15, 0.2) is 65.7 Å². The topological polar surface area (TPSA) is 105 Å². The number of benzene rings is 1. The second kappa shape index (κ2) is 12.9. The van der Waals surface area contributed by atoms with E-state index in [2.05, 4.69) is 27.1 Å². The number of aryl methyl sites for hydroxylation is 2.